The summed E-state index contributed by atoms with van der Waals surface area (Å²) >= 11 is 0. The van der Waals surface area contributed by atoms with Crippen LogP contribution in [-0.2, 0) is 0 Å². The van der Waals surface area contributed by atoms with Crippen LogP contribution < -0.4 is 5.32 Å². The van der Waals surface area contributed by atoms with Gasteiger partial charge in [-0.15, -0.1) is 0 Å². The van der Waals surface area contributed by atoms with Gasteiger partial charge in [0, 0.05) is 6.61 Å². The number of hydrogen-bond acceptors (Lipinski definition) is 3. The van der Waals surface area contributed by atoms with Crippen LogP contribution in [0.2, 0.25) is 0 Å². The lowest BCUT2D eigenvalue weighted by Crippen LogP contribution is -2.19. The van der Waals surface area contributed by atoms with E-state index >= 15 is 0 Å². The first-order valence-electron chi connectivity index (χ1n) is 5.35. The van der Waals surface area contributed by atoms with Crippen molar-refractivity contribution in [2.24, 2.45) is 5.41 Å². The van der Waals surface area contributed by atoms with Crippen molar-refractivity contribution >= 4 is 0 Å². The van der Waals surface area contributed by atoms with Crippen molar-refractivity contribution in [1.82, 2.24) is 5.32 Å². The zero-order chi connectivity index (χ0) is 10.9. The van der Waals surface area contributed by atoms with Gasteiger partial charge in [0.1, 0.15) is 0 Å². The number of nitrogens with one attached hydrogen (secondary N) is 1. The van der Waals surface area contributed by atoms with Crippen molar-refractivity contribution in [3.05, 3.63) is 0 Å². The molecule has 0 aliphatic carbocycles. The molecule has 0 aromatic rings. The second-order valence-corrected chi connectivity index (χ2v) is 4.28. The minimum atomic E-state index is -0.188. The maximum Gasteiger partial charge on any atom is 0.0683 e. The van der Waals surface area contributed by atoms with E-state index < -0.39 is 0 Å². The summed E-state index contributed by atoms with van der Waals surface area (Å²) in [7, 11) is 0. The molecule has 0 aromatic heterocycles. The Morgan fingerprint density at radius 2 is 1.86 bits per heavy atom. The molecular weight excluding hydrogens is 176 g/mol. The van der Waals surface area contributed by atoms with Crippen LogP contribution in [0.4, 0.5) is 0 Å². The summed E-state index contributed by atoms with van der Waals surface area (Å²) < 4.78 is 0. The number of aliphatic hydroxyl groups excluding tert-OH is 1. The van der Waals surface area contributed by atoms with E-state index in [-0.39, 0.29) is 12.0 Å². The van der Waals surface area contributed by atoms with Gasteiger partial charge in [0.15, 0.2) is 0 Å². The third kappa shape index (κ3) is 8.03. The predicted octanol–water partition coefficient (Wildman–Crippen LogP) is 1.68. The van der Waals surface area contributed by atoms with E-state index in [2.05, 4.69) is 11.4 Å². The van der Waals surface area contributed by atoms with E-state index in [1.165, 1.54) is 0 Å². The molecule has 2 N–H and O–H groups in total. The zero-order valence-electron chi connectivity index (χ0n) is 9.34. The van der Waals surface area contributed by atoms with E-state index in [0.29, 0.717) is 0 Å². The van der Waals surface area contributed by atoms with Gasteiger partial charge >= 0.3 is 0 Å². The van der Waals surface area contributed by atoms with Gasteiger partial charge in [0.25, 0.3) is 0 Å². The molecule has 0 heterocycles. The standard InChI is InChI=1S/C11H22N2O/c1-11(2,10-12)6-5-8-13-7-3-4-9-14/h13-14H,3-9H2,1-2H3. The lowest BCUT2D eigenvalue weighted by molar-refractivity contribution is 0.283. The molecule has 0 spiro atoms. The Morgan fingerprint density at radius 3 is 2.43 bits per heavy atom. The Balaban J connectivity index is 3.18. The molecule has 0 aromatic carbocycles. The van der Waals surface area contributed by atoms with Gasteiger partial charge in [-0.2, -0.15) is 5.26 Å². The molecule has 14 heavy (non-hydrogen) atoms. The minimum Gasteiger partial charge on any atom is -0.396 e. The second-order valence-electron chi connectivity index (χ2n) is 4.28. The number of unbranched alkanes of at least 4 members (excludes halogenated alkanes) is 1. The highest BCUT2D eigenvalue weighted by molar-refractivity contribution is 4.91. The van der Waals surface area contributed by atoms with Gasteiger partial charge in [-0.1, -0.05) is 0 Å². The average molecular weight is 198 g/mol. The molecule has 0 saturated heterocycles. The van der Waals surface area contributed by atoms with Crippen LogP contribution in [0.15, 0.2) is 0 Å². The largest absolute Gasteiger partial charge is 0.396 e. The van der Waals surface area contributed by atoms with Crippen molar-refractivity contribution in [1.29, 1.82) is 5.26 Å². The smallest absolute Gasteiger partial charge is 0.0683 e. The number of aliphatic hydroxyl groups is 1. The quantitative estimate of drug-likeness (QED) is 0.583. The summed E-state index contributed by atoms with van der Waals surface area (Å²) in [5.74, 6) is 0. The molecule has 0 saturated carbocycles. The Bertz CT molecular complexity index is 173. The Kier molecular flexibility index (Phi) is 7.45. The van der Waals surface area contributed by atoms with Gasteiger partial charge in [-0.3, -0.25) is 0 Å². The first kappa shape index (κ1) is 13.4. The Hall–Kier alpha value is -0.590. The predicted molar refractivity (Wildman–Crippen MR) is 57.8 cm³/mol. The second kappa shape index (κ2) is 7.78. The maximum absolute atomic E-state index is 8.77. The summed E-state index contributed by atoms with van der Waals surface area (Å²) in [6.45, 7) is 6.16. The van der Waals surface area contributed by atoms with E-state index in [4.69, 9.17) is 10.4 Å². The molecule has 0 rings (SSSR count). The summed E-state index contributed by atoms with van der Waals surface area (Å²) in [6.07, 6.45) is 3.88. The highest BCUT2D eigenvalue weighted by Gasteiger charge is 2.14. The monoisotopic (exact) mass is 198 g/mol. The van der Waals surface area contributed by atoms with Crippen LogP contribution in [-0.4, -0.2) is 24.8 Å². The number of nitrogens with zero attached hydrogens (tertiary/aromatic N) is 1. The molecule has 0 aliphatic heterocycles. The normalized spacial score (nSPS) is 11.3. The highest BCUT2D eigenvalue weighted by atomic mass is 16.2. The molecule has 0 aliphatic rings. The maximum atomic E-state index is 8.77. The molecule has 0 bridgehead atoms. The topological polar surface area (TPSA) is 56.0 Å². The van der Waals surface area contributed by atoms with Crippen LogP contribution in [0.5, 0.6) is 0 Å². The molecule has 3 nitrogen and oxygen atoms in total. The third-order valence-corrected chi connectivity index (χ3v) is 2.22. The molecule has 0 radical (unpaired) electrons. The van der Waals surface area contributed by atoms with Gasteiger partial charge in [-0.25, -0.2) is 0 Å². The molecular formula is C11H22N2O. The van der Waals surface area contributed by atoms with Crippen molar-refractivity contribution in [2.75, 3.05) is 19.7 Å². The first-order chi connectivity index (χ1) is 6.62. The lowest BCUT2D eigenvalue weighted by atomic mass is 9.90. The average Bonchev–Trinajstić information content (AvgIpc) is 2.16. The van der Waals surface area contributed by atoms with E-state index in [9.17, 15) is 0 Å². The Labute approximate surface area is 87.1 Å². The van der Waals surface area contributed by atoms with E-state index in [1.807, 2.05) is 13.8 Å². The molecule has 82 valence electrons. The third-order valence-electron chi connectivity index (χ3n) is 2.22. The Morgan fingerprint density at radius 1 is 1.21 bits per heavy atom. The number of nitriles is 1. The van der Waals surface area contributed by atoms with Crippen LogP contribution in [0.25, 0.3) is 0 Å². The van der Waals surface area contributed by atoms with Crippen LogP contribution >= 0.6 is 0 Å². The van der Waals surface area contributed by atoms with Gasteiger partial charge in [-0.05, 0) is 52.6 Å². The minimum absolute atomic E-state index is 0.188. The molecule has 3 heteroatoms. The zero-order valence-corrected chi connectivity index (χ0v) is 9.34. The lowest BCUT2D eigenvalue weighted by Gasteiger charge is -2.14. The van der Waals surface area contributed by atoms with Crippen molar-refractivity contribution in [2.45, 2.75) is 39.5 Å². The van der Waals surface area contributed by atoms with E-state index in [1.54, 1.807) is 0 Å². The van der Waals surface area contributed by atoms with Crippen molar-refractivity contribution in [3.63, 3.8) is 0 Å². The number of rotatable bonds is 8. The molecule has 0 fully saturated rings. The van der Waals surface area contributed by atoms with Crippen molar-refractivity contribution < 1.29 is 5.11 Å². The van der Waals surface area contributed by atoms with E-state index in [0.717, 1.165) is 38.8 Å². The molecule has 0 atom stereocenters. The molecule has 0 unspecified atom stereocenters. The fraction of sp³-hybridized carbons (Fsp3) is 0.909. The summed E-state index contributed by atoms with van der Waals surface area (Å²) in [5, 5.41) is 20.6. The van der Waals surface area contributed by atoms with Gasteiger partial charge in [0.2, 0.25) is 0 Å². The van der Waals surface area contributed by atoms with Crippen LogP contribution in [0.1, 0.15) is 39.5 Å². The summed E-state index contributed by atoms with van der Waals surface area (Å²) in [5.41, 5.74) is -0.188. The van der Waals surface area contributed by atoms with Crippen molar-refractivity contribution in [3.8, 4) is 6.07 Å². The van der Waals surface area contributed by atoms with Crippen LogP contribution in [0.3, 0.4) is 0 Å². The highest BCUT2D eigenvalue weighted by Crippen LogP contribution is 2.19. The first-order valence-corrected chi connectivity index (χ1v) is 5.35. The fourth-order valence-electron chi connectivity index (χ4n) is 1.20. The number of hydrogen-bond donors (Lipinski definition) is 2. The van der Waals surface area contributed by atoms with Gasteiger partial charge < -0.3 is 10.4 Å². The van der Waals surface area contributed by atoms with Crippen LogP contribution in [0, 0.1) is 16.7 Å². The summed E-state index contributed by atoms with van der Waals surface area (Å²) in [6, 6.07) is 2.29. The fourth-order valence-corrected chi connectivity index (χ4v) is 1.20. The summed E-state index contributed by atoms with van der Waals surface area (Å²) in [4.78, 5) is 0. The molecule has 0 amide bonds. The van der Waals surface area contributed by atoms with Gasteiger partial charge in [0.05, 0.1) is 11.5 Å². The SMILES string of the molecule is CC(C)(C#N)CCCNCCCCO.